The van der Waals surface area contributed by atoms with Gasteiger partial charge in [-0.2, -0.15) is 0 Å². The molecule has 0 aliphatic carbocycles. The summed E-state index contributed by atoms with van der Waals surface area (Å²) in [6.07, 6.45) is 0.269. The molecule has 0 fully saturated rings. The van der Waals surface area contributed by atoms with E-state index in [9.17, 15) is 4.79 Å². The average Bonchev–Trinajstić information content (AvgIpc) is 2.90. The number of benzene rings is 2. The van der Waals surface area contributed by atoms with Gasteiger partial charge in [0.25, 0.3) is 0 Å². The van der Waals surface area contributed by atoms with Gasteiger partial charge in [-0.1, -0.05) is 35.3 Å². The van der Waals surface area contributed by atoms with E-state index in [0.717, 1.165) is 24.2 Å². The van der Waals surface area contributed by atoms with E-state index in [1.54, 1.807) is 18.2 Å². The first-order chi connectivity index (χ1) is 9.63. The molecule has 4 heteroatoms. The summed E-state index contributed by atoms with van der Waals surface area (Å²) < 4.78 is 0. The largest absolute Gasteiger partial charge is 0.309 e. The van der Waals surface area contributed by atoms with Crippen LogP contribution in [0.2, 0.25) is 10.0 Å². The number of rotatable bonds is 3. The molecular weight excluding hydrogens is 293 g/mol. The van der Waals surface area contributed by atoms with Crippen LogP contribution in [0.15, 0.2) is 36.4 Å². The van der Waals surface area contributed by atoms with Crippen molar-refractivity contribution in [3.8, 4) is 0 Å². The van der Waals surface area contributed by atoms with Gasteiger partial charge in [-0.15, -0.1) is 0 Å². The molecule has 2 aromatic carbocycles. The third-order valence-electron chi connectivity index (χ3n) is 3.52. The summed E-state index contributed by atoms with van der Waals surface area (Å²) in [6, 6.07) is 11.1. The molecule has 102 valence electrons. The number of carbonyl (C=O) groups excluding carboxylic acids is 1. The minimum Gasteiger partial charge on any atom is -0.309 e. The quantitative estimate of drug-likeness (QED) is 0.868. The van der Waals surface area contributed by atoms with Gasteiger partial charge in [0.2, 0.25) is 0 Å². The summed E-state index contributed by atoms with van der Waals surface area (Å²) >= 11 is 12.0. The van der Waals surface area contributed by atoms with Gasteiger partial charge >= 0.3 is 0 Å². The Labute approximate surface area is 127 Å². The molecule has 0 saturated heterocycles. The first-order valence-electron chi connectivity index (χ1n) is 6.43. The molecule has 20 heavy (non-hydrogen) atoms. The maximum absolute atomic E-state index is 12.4. The van der Waals surface area contributed by atoms with Crippen LogP contribution >= 0.6 is 23.2 Å². The lowest BCUT2D eigenvalue weighted by Gasteiger charge is -2.06. The molecule has 0 saturated carbocycles. The first-order valence-corrected chi connectivity index (χ1v) is 7.19. The van der Waals surface area contributed by atoms with Crippen LogP contribution in [0.1, 0.15) is 27.0 Å². The van der Waals surface area contributed by atoms with Crippen molar-refractivity contribution in [1.29, 1.82) is 0 Å². The highest BCUT2D eigenvalue weighted by atomic mass is 35.5. The lowest BCUT2D eigenvalue weighted by molar-refractivity contribution is 0.0993. The van der Waals surface area contributed by atoms with Crippen LogP contribution in [-0.2, 0) is 19.5 Å². The standard InChI is InChI=1S/C16H13Cl2NO/c17-14-3-4-15(18)12(6-14)7-16(20)10-1-2-11-8-19-9-13(11)5-10/h1-6,19H,7-9H2. The predicted molar refractivity (Wildman–Crippen MR) is 81.5 cm³/mol. The molecule has 0 aromatic heterocycles. The summed E-state index contributed by atoms with van der Waals surface area (Å²) in [5, 5.41) is 4.44. The number of hydrogen-bond donors (Lipinski definition) is 1. The number of hydrogen-bond acceptors (Lipinski definition) is 2. The Morgan fingerprint density at radius 3 is 2.70 bits per heavy atom. The zero-order valence-corrected chi connectivity index (χ0v) is 12.3. The number of nitrogens with one attached hydrogen (secondary N) is 1. The van der Waals surface area contributed by atoms with Crippen LogP contribution in [0.4, 0.5) is 0 Å². The van der Waals surface area contributed by atoms with E-state index in [4.69, 9.17) is 23.2 Å². The van der Waals surface area contributed by atoms with Crippen molar-refractivity contribution in [2.75, 3.05) is 0 Å². The van der Waals surface area contributed by atoms with E-state index in [-0.39, 0.29) is 12.2 Å². The Hall–Kier alpha value is -1.35. The molecule has 0 bridgehead atoms. The molecule has 0 amide bonds. The predicted octanol–water partition coefficient (Wildman–Crippen LogP) is 4.02. The van der Waals surface area contributed by atoms with E-state index < -0.39 is 0 Å². The Bertz CT molecular complexity index is 682. The van der Waals surface area contributed by atoms with E-state index in [1.165, 1.54) is 11.1 Å². The average molecular weight is 306 g/mol. The van der Waals surface area contributed by atoms with E-state index in [0.29, 0.717) is 10.0 Å². The van der Waals surface area contributed by atoms with Gasteiger partial charge in [-0.05, 0) is 41.0 Å². The third kappa shape index (κ3) is 2.73. The minimum atomic E-state index is 0.0591. The van der Waals surface area contributed by atoms with Crippen LogP contribution in [0, 0.1) is 0 Å². The highest BCUT2D eigenvalue weighted by molar-refractivity contribution is 6.33. The lowest BCUT2D eigenvalue weighted by Crippen LogP contribution is -2.05. The number of fused-ring (bicyclic) bond motifs is 1. The van der Waals surface area contributed by atoms with Gasteiger partial charge < -0.3 is 5.32 Å². The van der Waals surface area contributed by atoms with Crippen LogP contribution < -0.4 is 5.32 Å². The van der Waals surface area contributed by atoms with Gasteiger partial charge in [0.1, 0.15) is 0 Å². The second-order valence-corrected chi connectivity index (χ2v) is 5.77. The molecule has 3 rings (SSSR count). The summed E-state index contributed by atoms with van der Waals surface area (Å²) in [5.41, 5.74) is 3.96. The monoisotopic (exact) mass is 305 g/mol. The lowest BCUT2D eigenvalue weighted by atomic mass is 9.99. The summed E-state index contributed by atoms with van der Waals surface area (Å²) in [4.78, 5) is 12.4. The molecule has 2 aromatic rings. The molecular formula is C16H13Cl2NO. The number of halogens is 2. The highest BCUT2D eigenvalue weighted by Crippen LogP contribution is 2.23. The highest BCUT2D eigenvalue weighted by Gasteiger charge is 2.15. The Kier molecular flexibility index (Phi) is 3.79. The van der Waals surface area contributed by atoms with Crippen LogP contribution in [0.5, 0.6) is 0 Å². The topological polar surface area (TPSA) is 29.1 Å². The fraction of sp³-hybridized carbons (Fsp3) is 0.188. The van der Waals surface area contributed by atoms with Crippen LogP contribution in [-0.4, -0.2) is 5.78 Å². The van der Waals surface area contributed by atoms with Crippen LogP contribution in [0.25, 0.3) is 0 Å². The fourth-order valence-corrected chi connectivity index (χ4v) is 2.80. The zero-order chi connectivity index (χ0) is 14.1. The Morgan fingerprint density at radius 1 is 1.05 bits per heavy atom. The van der Waals surface area contributed by atoms with E-state index in [1.807, 2.05) is 18.2 Å². The Morgan fingerprint density at radius 2 is 1.85 bits per heavy atom. The van der Waals surface area contributed by atoms with E-state index >= 15 is 0 Å². The second-order valence-electron chi connectivity index (χ2n) is 4.92. The number of Topliss-reactive ketones (excluding diaryl/α,β-unsaturated/α-hetero) is 1. The van der Waals surface area contributed by atoms with Crippen molar-refractivity contribution >= 4 is 29.0 Å². The Balaban J connectivity index is 1.84. The summed E-state index contributed by atoms with van der Waals surface area (Å²) in [5.74, 6) is 0.0591. The molecule has 1 heterocycles. The van der Waals surface area contributed by atoms with Crippen molar-refractivity contribution in [2.24, 2.45) is 0 Å². The minimum absolute atomic E-state index is 0.0591. The van der Waals surface area contributed by atoms with Crippen LogP contribution in [0.3, 0.4) is 0 Å². The van der Waals surface area contributed by atoms with Crippen molar-refractivity contribution in [3.63, 3.8) is 0 Å². The molecule has 0 atom stereocenters. The molecule has 1 aliphatic rings. The van der Waals surface area contributed by atoms with Gasteiger partial charge in [0.05, 0.1) is 0 Å². The zero-order valence-electron chi connectivity index (χ0n) is 10.7. The van der Waals surface area contributed by atoms with Crippen molar-refractivity contribution in [1.82, 2.24) is 5.32 Å². The normalized spacial score (nSPS) is 13.3. The molecule has 0 spiro atoms. The molecule has 1 N–H and O–H groups in total. The molecule has 0 unspecified atom stereocenters. The number of ketones is 1. The van der Waals surface area contributed by atoms with Crippen molar-refractivity contribution in [3.05, 3.63) is 68.7 Å². The maximum Gasteiger partial charge on any atom is 0.167 e. The second kappa shape index (κ2) is 5.57. The SMILES string of the molecule is O=C(Cc1cc(Cl)ccc1Cl)c1ccc2c(c1)CNC2. The molecule has 1 aliphatic heterocycles. The van der Waals surface area contributed by atoms with Gasteiger partial charge in [-0.25, -0.2) is 0 Å². The third-order valence-corrected chi connectivity index (χ3v) is 4.12. The van der Waals surface area contributed by atoms with Crippen molar-refractivity contribution in [2.45, 2.75) is 19.5 Å². The molecule has 2 nitrogen and oxygen atoms in total. The number of carbonyl (C=O) groups is 1. The van der Waals surface area contributed by atoms with E-state index in [2.05, 4.69) is 5.32 Å². The van der Waals surface area contributed by atoms with Gasteiger partial charge in [-0.3, -0.25) is 4.79 Å². The van der Waals surface area contributed by atoms with Crippen molar-refractivity contribution < 1.29 is 4.79 Å². The summed E-state index contributed by atoms with van der Waals surface area (Å²) in [6.45, 7) is 1.71. The molecule has 0 radical (unpaired) electrons. The summed E-state index contributed by atoms with van der Waals surface area (Å²) in [7, 11) is 0. The smallest absolute Gasteiger partial charge is 0.167 e. The maximum atomic E-state index is 12.4. The van der Waals surface area contributed by atoms with Gasteiger partial charge in [0, 0.05) is 35.1 Å². The fourth-order valence-electron chi connectivity index (χ4n) is 2.42. The first kappa shape index (κ1) is 13.6. The van der Waals surface area contributed by atoms with Gasteiger partial charge in [0.15, 0.2) is 5.78 Å².